The number of piperidine rings is 1. The van der Waals surface area contributed by atoms with E-state index in [9.17, 15) is 18.3 Å². The van der Waals surface area contributed by atoms with Gasteiger partial charge in [0, 0.05) is 37.7 Å². The maximum Gasteiger partial charge on any atom is 0.218 e. The number of hydrogen-bond acceptors (Lipinski definition) is 7. The number of likely N-dealkylation sites (N-methyl/N-ethyl adjacent to an activating group) is 1. The highest BCUT2D eigenvalue weighted by molar-refractivity contribution is 7.88. The van der Waals surface area contributed by atoms with Crippen LogP contribution in [0.5, 0.6) is 11.5 Å². The van der Waals surface area contributed by atoms with Crippen molar-refractivity contribution in [3.8, 4) is 11.5 Å². The van der Waals surface area contributed by atoms with Crippen molar-refractivity contribution in [2.24, 2.45) is 11.8 Å². The van der Waals surface area contributed by atoms with Crippen molar-refractivity contribution in [2.45, 2.75) is 67.9 Å². The Labute approximate surface area is 236 Å². The second-order valence-electron chi connectivity index (χ2n) is 12.5. The van der Waals surface area contributed by atoms with Gasteiger partial charge in [0.15, 0.2) is 17.3 Å². The highest BCUT2D eigenvalue weighted by atomic mass is 32.2. The first-order chi connectivity index (χ1) is 19.2. The minimum absolute atomic E-state index is 0.0686. The second-order valence-corrected chi connectivity index (χ2v) is 14.6. The molecule has 0 radical (unpaired) electrons. The third-order valence-electron chi connectivity index (χ3n) is 10.4. The summed E-state index contributed by atoms with van der Waals surface area (Å²) in [7, 11) is -0.473. The molecule has 3 aliphatic carbocycles. The number of Topliss-reactive ketones (excluding diaryl/α,β-unsaturated/α-hetero) is 1. The molecule has 7 rings (SSSR count). The molecular formula is C31H38N2O6S. The maximum atomic E-state index is 13.7. The Hall–Kier alpha value is -2.46. The van der Waals surface area contributed by atoms with Crippen LogP contribution in [0.3, 0.4) is 0 Å². The largest absolute Gasteiger partial charge is 0.504 e. The topological polar surface area (TPSA) is 96.4 Å². The molecule has 2 aromatic rings. The second kappa shape index (κ2) is 9.54. The first-order valence-corrected chi connectivity index (χ1v) is 16.2. The van der Waals surface area contributed by atoms with E-state index in [0.29, 0.717) is 24.1 Å². The molecule has 2 saturated carbocycles. The van der Waals surface area contributed by atoms with Crippen molar-refractivity contribution >= 4 is 15.8 Å². The van der Waals surface area contributed by atoms with Crippen LogP contribution in [-0.2, 0) is 32.3 Å². The third kappa shape index (κ3) is 3.95. The monoisotopic (exact) mass is 566 g/mol. The van der Waals surface area contributed by atoms with Gasteiger partial charge in [-0.3, -0.25) is 9.69 Å². The zero-order valence-electron chi connectivity index (χ0n) is 23.2. The first-order valence-electron chi connectivity index (χ1n) is 14.6. The molecule has 2 aromatic carbocycles. The Morgan fingerprint density at radius 2 is 1.98 bits per heavy atom. The average molecular weight is 567 g/mol. The fourth-order valence-corrected chi connectivity index (χ4v) is 9.86. The van der Waals surface area contributed by atoms with Gasteiger partial charge >= 0.3 is 0 Å². The number of aromatic hydroxyl groups is 1. The molecule has 2 heterocycles. The maximum absolute atomic E-state index is 13.7. The minimum atomic E-state index is -3.63. The molecule has 0 amide bonds. The number of likely N-dealkylation sites (tertiary alicyclic amines) is 1. The zero-order chi connectivity index (χ0) is 27.8. The van der Waals surface area contributed by atoms with E-state index < -0.39 is 16.1 Å². The van der Waals surface area contributed by atoms with Crippen LogP contribution in [0.2, 0.25) is 0 Å². The summed E-state index contributed by atoms with van der Waals surface area (Å²) >= 11 is 0. The number of carbonyl (C=O) groups is 1. The summed E-state index contributed by atoms with van der Waals surface area (Å²) in [5, 5.41) is 11.4. The zero-order valence-corrected chi connectivity index (χ0v) is 24.0. The summed E-state index contributed by atoms with van der Waals surface area (Å²) in [6, 6.07) is 11.1. The standard InChI is InChI=1S/C31H38N2O6S/c1-32(40(36,37)18-20-6-4-3-5-7-20)24-11-10-23-25-15-21-14-22(26(34)17-38-2)28(35)29-27(21)31(23,30(24)39-29)12-13-33(25)16-19-8-9-19/h3-7,14,19,23-25,30,35H,8-13,15-18H2,1-2H3/t23-,24?,25+,30?,31-/m0/s1. The lowest BCUT2D eigenvalue weighted by Crippen LogP contribution is -2.69. The third-order valence-corrected chi connectivity index (χ3v) is 12.2. The molecule has 1 spiro atoms. The molecule has 8 nitrogen and oxygen atoms in total. The Kier molecular flexibility index (Phi) is 6.31. The van der Waals surface area contributed by atoms with E-state index >= 15 is 0 Å². The number of nitrogens with zero attached hydrogens (tertiary/aromatic N) is 2. The molecule has 1 saturated heterocycles. The molecule has 0 aromatic heterocycles. The highest BCUT2D eigenvalue weighted by Gasteiger charge is 2.67. The summed E-state index contributed by atoms with van der Waals surface area (Å²) in [6.45, 7) is 1.92. The van der Waals surface area contributed by atoms with Crippen molar-refractivity contribution in [1.82, 2.24) is 9.21 Å². The van der Waals surface area contributed by atoms with Crippen molar-refractivity contribution < 1.29 is 27.8 Å². The van der Waals surface area contributed by atoms with Gasteiger partial charge in [-0.05, 0) is 74.1 Å². The number of methoxy groups -OCH3 is 1. The summed E-state index contributed by atoms with van der Waals surface area (Å²) in [6.07, 6.45) is 5.46. The van der Waals surface area contributed by atoms with Crippen LogP contribution in [-0.4, -0.2) is 80.6 Å². The average Bonchev–Trinajstić information content (AvgIpc) is 3.69. The lowest BCUT2D eigenvalue weighted by molar-refractivity contribution is -0.0752. The van der Waals surface area contributed by atoms with Gasteiger partial charge in [-0.25, -0.2) is 8.42 Å². The van der Waals surface area contributed by atoms with Gasteiger partial charge in [0.05, 0.1) is 17.4 Å². The lowest BCUT2D eigenvalue weighted by atomic mass is 9.51. The van der Waals surface area contributed by atoms with Crippen LogP contribution in [0, 0.1) is 11.8 Å². The predicted molar refractivity (Wildman–Crippen MR) is 150 cm³/mol. The molecule has 3 fully saturated rings. The Morgan fingerprint density at radius 1 is 1.20 bits per heavy atom. The number of phenols is 1. The van der Waals surface area contributed by atoms with Crippen molar-refractivity contribution in [3.05, 3.63) is 58.7 Å². The lowest BCUT2D eigenvalue weighted by Gasteiger charge is -2.60. The summed E-state index contributed by atoms with van der Waals surface area (Å²) in [4.78, 5) is 15.6. The number of sulfonamides is 1. The van der Waals surface area contributed by atoms with Gasteiger partial charge in [0.1, 0.15) is 12.7 Å². The van der Waals surface area contributed by atoms with E-state index in [-0.39, 0.29) is 40.9 Å². The molecular weight excluding hydrogens is 528 g/mol. The summed E-state index contributed by atoms with van der Waals surface area (Å²) in [5.74, 6) is 1.00. The molecule has 5 aliphatic rings. The number of rotatable bonds is 9. The Bertz CT molecular complexity index is 1440. The first kappa shape index (κ1) is 26.4. The van der Waals surface area contributed by atoms with E-state index in [1.54, 1.807) is 7.05 Å². The van der Waals surface area contributed by atoms with Crippen LogP contribution in [0.15, 0.2) is 36.4 Å². The summed E-state index contributed by atoms with van der Waals surface area (Å²) < 4.78 is 40.8. The molecule has 1 N–H and O–H groups in total. The molecule has 214 valence electrons. The van der Waals surface area contributed by atoms with Gasteiger partial charge in [-0.1, -0.05) is 30.3 Å². The fourth-order valence-electron chi connectivity index (χ4n) is 8.42. The van der Waals surface area contributed by atoms with Crippen LogP contribution in [0.4, 0.5) is 0 Å². The Morgan fingerprint density at radius 3 is 2.70 bits per heavy atom. The molecule has 9 heteroatoms. The number of phenolic OH excluding ortho intramolecular Hbond substituents is 1. The smallest absolute Gasteiger partial charge is 0.218 e. The molecule has 5 atom stereocenters. The minimum Gasteiger partial charge on any atom is -0.504 e. The number of ether oxygens (including phenoxy) is 2. The number of ketones is 1. The Balaban J connectivity index is 1.31. The number of hydrogen-bond donors (Lipinski definition) is 1. The van der Waals surface area contributed by atoms with E-state index in [1.807, 2.05) is 36.4 Å². The van der Waals surface area contributed by atoms with Crippen molar-refractivity contribution in [2.75, 3.05) is 33.9 Å². The van der Waals surface area contributed by atoms with Crippen LogP contribution in [0.25, 0.3) is 0 Å². The van der Waals surface area contributed by atoms with Crippen molar-refractivity contribution in [3.63, 3.8) is 0 Å². The van der Waals surface area contributed by atoms with Gasteiger partial charge in [-0.15, -0.1) is 0 Å². The van der Waals surface area contributed by atoms with E-state index in [1.165, 1.54) is 24.3 Å². The highest BCUT2D eigenvalue weighted by Crippen LogP contribution is 2.65. The van der Waals surface area contributed by atoms with E-state index in [4.69, 9.17) is 9.47 Å². The van der Waals surface area contributed by atoms with E-state index in [2.05, 4.69) is 4.90 Å². The summed E-state index contributed by atoms with van der Waals surface area (Å²) in [5.41, 5.74) is 2.69. The fraction of sp³-hybridized carbons (Fsp3) is 0.581. The van der Waals surface area contributed by atoms with Crippen LogP contribution < -0.4 is 4.74 Å². The molecule has 2 bridgehead atoms. The van der Waals surface area contributed by atoms with E-state index in [0.717, 1.165) is 55.0 Å². The van der Waals surface area contributed by atoms with Gasteiger partial charge in [0.25, 0.3) is 0 Å². The van der Waals surface area contributed by atoms with Crippen LogP contribution >= 0.6 is 0 Å². The quantitative estimate of drug-likeness (QED) is 0.464. The SMILES string of the molecule is COCC(=O)c1cc2c3c(c1O)OC1C(N(C)S(=O)(=O)Cc4ccccc4)CC[C@H]4[C@@H](C2)N(CC2CC2)CC[C@]314. The molecule has 2 unspecified atom stereocenters. The molecule has 40 heavy (non-hydrogen) atoms. The van der Waals surface area contributed by atoms with Gasteiger partial charge < -0.3 is 14.6 Å². The van der Waals surface area contributed by atoms with Crippen LogP contribution in [0.1, 0.15) is 59.2 Å². The predicted octanol–water partition coefficient (Wildman–Crippen LogP) is 3.50. The van der Waals surface area contributed by atoms with Gasteiger partial charge in [-0.2, -0.15) is 4.31 Å². The normalized spacial score (nSPS) is 30.7. The number of carbonyl (C=O) groups excluding carboxylic acids is 1. The number of benzene rings is 2. The van der Waals surface area contributed by atoms with Crippen molar-refractivity contribution in [1.29, 1.82) is 0 Å². The van der Waals surface area contributed by atoms with Gasteiger partial charge in [0.2, 0.25) is 10.0 Å². The molecule has 2 aliphatic heterocycles.